The molecule has 0 radical (unpaired) electrons. The number of aliphatic hydroxyl groups is 5. The van der Waals surface area contributed by atoms with E-state index in [1.807, 2.05) is 0 Å². The van der Waals surface area contributed by atoms with Crippen LogP contribution in [0, 0.1) is 0 Å². The highest BCUT2D eigenvalue weighted by Gasteiger charge is 2.44. The Kier molecular flexibility index (Phi) is 30.1. The van der Waals surface area contributed by atoms with Crippen molar-refractivity contribution in [3.63, 3.8) is 0 Å². The summed E-state index contributed by atoms with van der Waals surface area (Å²) in [5.74, 6) is -0.144. The molecule has 1 amide bonds. The van der Waals surface area contributed by atoms with E-state index in [1.165, 1.54) is 128 Å². The summed E-state index contributed by atoms with van der Waals surface area (Å²) < 4.78 is 11.2. The van der Waals surface area contributed by atoms with Crippen LogP contribution in [0.3, 0.4) is 0 Å². The third-order valence-corrected chi connectivity index (χ3v) is 10.2. The molecule has 1 aliphatic rings. The highest BCUT2D eigenvalue weighted by molar-refractivity contribution is 5.76. The lowest BCUT2D eigenvalue weighted by molar-refractivity contribution is -0.302. The third-order valence-electron chi connectivity index (χ3n) is 10.2. The molecule has 0 saturated carbocycles. The minimum atomic E-state index is -1.55. The monoisotopic (exact) mass is 702 g/mol. The van der Waals surface area contributed by atoms with Crippen LogP contribution in [-0.2, 0) is 14.3 Å². The maximum Gasteiger partial charge on any atom is 0.220 e. The van der Waals surface area contributed by atoms with Gasteiger partial charge in [-0.3, -0.25) is 4.79 Å². The molecule has 0 unspecified atom stereocenters. The lowest BCUT2D eigenvalue weighted by Crippen LogP contribution is -2.60. The first-order valence-electron chi connectivity index (χ1n) is 20.7. The van der Waals surface area contributed by atoms with Crippen molar-refractivity contribution in [1.82, 2.24) is 5.32 Å². The van der Waals surface area contributed by atoms with Gasteiger partial charge in [0.25, 0.3) is 0 Å². The van der Waals surface area contributed by atoms with Crippen LogP contribution >= 0.6 is 0 Å². The van der Waals surface area contributed by atoms with Gasteiger partial charge >= 0.3 is 0 Å². The van der Waals surface area contributed by atoms with E-state index in [4.69, 9.17) is 9.47 Å². The van der Waals surface area contributed by atoms with Crippen molar-refractivity contribution in [2.45, 2.75) is 236 Å². The number of carbonyl (C=O) groups is 1. The van der Waals surface area contributed by atoms with E-state index in [2.05, 4.69) is 19.2 Å². The van der Waals surface area contributed by atoms with Crippen molar-refractivity contribution in [3.8, 4) is 0 Å². The molecule has 1 heterocycles. The van der Waals surface area contributed by atoms with E-state index in [0.29, 0.717) is 12.8 Å². The molecule has 1 saturated heterocycles. The molecule has 1 aliphatic heterocycles. The zero-order valence-electron chi connectivity index (χ0n) is 31.7. The summed E-state index contributed by atoms with van der Waals surface area (Å²) in [6.45, 7) is 3.82. The number of unbranched alkanes of at least 4 members (excludes halogenated alkanes) is 24. The summed E-state index contributed by atoms with van der Waals surface area (Å²) in [6.07, 6.45) is 25.3. The van der Waals surface area contributed by atoms with Crippen LogP contribution in [0.15, 0.2) is 0 Å². The first-order chi connectivity index (χ1) is 23.8. The number of rotatable bonds is 34. The van der Waals surface area contributed by atoms with E-state index in [-0.39, 0.29) is 12.5 Å². The Morgan fingerprint density at radius 1 is 0.612 bits per heavy atom. The van der Waals surface area contributed by atoms with Gasteiger partial charge in [0.1, 0.15) is 24.4 Å². The molecule has 1 fully saturated rings. The van der Waals surface area contributed by atoms with Crippen molar-refractivity contribution >= 4 is 5.91 Å². The molecule has 0 spiro atoms. The molecule has 6 N–H and O–H groups in total. The van der Waals surface area contributed by atoms with E-state index in [1.54, 1.807) is 0 Å². The lowest BCUT2D eigenvalue weighted by atomic mass is 9.99. The Hall–Kier alpha value is -0.810. The first kappa shape index (κ1) is 46.2. The highest BCUT2D eigenvalue weighted by Crippen LogP contribution is 2.23. The Morgan fingerprint density at radius 2 is 1.02 bits per heavy atom. The predicted octanol–water partition coefficient (Wildman–Crippen LogP) is 7.61. The summed E-state index contributed by atoms with van der Waals surface area (Å²) in [5, 5.41) is 54.1. The number of nitrogens with one attached hydrogen (secondary N) is 1. The lowest BCUT2D eigenvalue weighted by Gasteiger charge is -2.40. The van der Waals surface area contributed by atoms with E-state index >= 15 is 0 Å². The van der Waals surface area contributed by atoms with Gasteiger partial charge in [0, 0.05) is 6.42 Å². The maximum absolute atomic E-state index is 12.9. The maximum atomic E-state index is 12.9. The average molecular weight is 702 g/mol. The van der Waals surface area contributed by atoms with Gasteiger partial charge in [-0.1, -0.05) is 174 Å². The molecule has 0 aromatic rings. The Morgan fingerprint density at radius 3 is 1.45 bits per heavy atom. The Balaban J connectivity index is 2.38. The van der Waals surface area contributed by atoms with Gasteiger partial charge in [-0.05, 0) is 12.8 Å². The number of ether oxygens (including phenoxy) is 2. The predicted molar refractivity (Wildman–Crippen MR) is 198 cm³/mol. The normalized spacial score (nSPS) is 22.3. The quantitative estimate of drug-likeness (QED) is 0.0376. The zero-order chi connectivity index (χ0) is 36.0. The van der Waals surface area contributed by atoms with E-state index in [0.717, 1.165) is 38.5 Å². The summed E-state index contributed by atoms with van der Waals surface area (Å²) in [4.78, 5) is 12.9. The molecule has 0 aliphatic carbocycles. The molecule has 9 nitrogen and oxygen atoms in total. The van der Waals surface area contributed by atoms with Crippen LogP contribution < -0.4 is 5.32 Å². The second-order valence-electron chi connectivity index (χ2n) is 14.8. The minimum absolute atomic E-state index is 0.132. The van der Waals surface area contributed by atoms with Crippen molar-refractivity contribution in [2.24, 2.45) is 0 Å². The largest absolute Gasteiger partial charge is 0.394 e. The molecule has 9 heteroatoms. The van der Waals surface area contributed by atoms with Gasteiger partial charge in [0.05, 0.1) is 25.4 Å². The fourth-order valence-electron chi connectivity index (χ4n) is 6.81. The summed E-state index contributed by atoms with van der Waals surface area (Å²) in [6, 6.07) is -0.709. The molecule has 1 rings (SSSR count). The molecular formula is C40H79NO8. The van der Waals surface area contributed by atoms with Crippen LogP contribution in [-0.4, -0.2) is 87.5 Å². The molecule has 0 aromatic heterocycles. The zero-order valence-corrected chi connectivity index (χ0v) is 31.7. The summed E-state index contributed by atoms with van der Waals surface area (Å²) in [7, 11) is 0. The summed E-state index contributed by atoms with van der Waals surface area (Å²) >= 11 is 0. The van der Waals surface area contributed by atoms with Gasteiger partial charge in [-0.15, -0.1) is 0 Å². The molecule has 0 aromatic carbocycles. The minimum Gasteiger partial charge on any atom is -0.394 e. The van der Waals surface area contributed by atoms with Crippen LogP contribution in [0.2, 0.25) is 0 Å². The van der Waals surface area contributed by atoms with Crippen LogP contribution in [0.5, 0.6) is 0 Å². The van der Waals surface area contributed by atoms with Crippen LogP contribution in [0.1, 0.15) is 194 Å². The Labute approximate surface area is 300 Å². The third kappa shape index (κ3) is 23.4. The van der Waals surface area contributed by atoms with E-state index < -0.39 is 49.5 Å². The second-order valence-corrected chi connectivity index (χ2v) is 14.8. The number of amides is 1. The number of carbonyl (C=O) groups excluding carboxylic acids is 1. The van der Waals surface area contributed by atoms with Gasteiger partial charge in [0.2, 0.25) is 5.91 Å². The molecular weight excluding hydrogens is 622 g/mol. The van der Waals surface area contributed by atoms with Crippen molar-refractivity contribution < 1.29 is 39.8 Å². The fourth-order valence-corrected chi connectivity index (χ4v) is 6.81. The highest BCUT2D eigenvalue weighted by atomic mass is 16.7. The second kappa shape index (κ2) is 31.9. The van der Waals surface area contributed by atoms with Crippen molar-refractivity contribution in [1.29, 1.82) is 0 Å². The molecule has 49 heavy (non-hydrogen) atoms. The molecule has 7 atom stereocenters. The Bertz CT molecular complexity index is 741. The fraction of sp³-hybridized carbons (Fsp3) is 0.975. The van der Waals surface area contributed by atoms with Gasteiger partial charge < -0.3 is 40.3 Å². The average Bonchev–Trinajstić information content (AvgIpc) is 3.10. The molecule has 0 bridgehead atoms. The van der Waals surface area contributed by atoms with E-state index in [9.17, 15) is 30.3 Å². The van der Waals surface area contributed by atoms with Crippen molar-refractivity contribution in [2.75, 3.05) is 13.2 Å². The smallest absolute Gasteiger partial charge is 0.220 e. The number of aliphatic hydroxyl groups excluding tert-OH is 5. The SMILES string of the molecule is CCCCCCCCCCCCCCCC(=O)N[C@@H](CO[C@H]1O[C@@H](CO)[C@H](O)[C@@H](O)[C@@H]1O)[C@H](O)CCCCCCCCCCCCCCC. The topological polar surface area (TPSA) is 149 Å². The van der Waals surface area contributed by atoms with Crippen LogP contribution in [0.4, 0.5) is 0 Å². The van der Waals surface area contributed by atoms with Crippen molar-refractivity contribution in [3.05, 3.63) is 0 Å². The summed E-state index contributed by atoms with van der Waals surface area (Å²) in [5.41, 5.74) is 0. The molecule has 292 valence electrons. The van der Waals surface area contributed by atoms with Gasteiger partial charge in [0.15, 0.2) is 6.29 Å². The first-order valence-corrected chi connectivity index (χ1v) is 20.7. The number of hydrogen-bond donors (Lipinski definition) is 6. The number of hydrogen-bond acceptors (Lipinski definition) is 8. The van der Waals surface area contributed by atoms with Gasteiger partial charge in [-0.2, -0.15) is 0 Å². The van der Waals surface area contributed by atoms with Gasteiger partial charge in [-0.25, -0.2) is 0 Å². The van der Waals surface area contributed by atoms with Crippen LogP contribution in [0.25, 0.3) is 0 Å². The standard InChI is InChI=1S/C40H79NO8/c1-3-5-7-9-11-13-15-17-19-21-23-25-27-29-34(43)33(32-48-40-39(47)38(46)37(45)35(31-42)49-40)41-36(44)30-28-26-24-22-20-18-16-14-12-10-8-6-4-2/h33-35,37-40,42-43,45-47H,3-32H2,1-2H3,(H,41,44)/t33-,34+,35-,37-,38+,39-,40-/m0/s1.